The Bertz CT molecular complexity index is 1540. The van der Waals surface area contributed by atoms with Crippen LogP contribution in [0.15, 0.2) is 28.7 Å². The van der Waals surface area contributed by atoms with Crippen molar-refractivity contribution in [3.05, 3.63) is 41.4 Å². The Morgan fingerprint density at radius 3 is 2.54 bits per heavy atom. The summed E-state index contributed by atoms with van der Waals surface area (Å²) in [6.07, 6.45) is -4.21. The van der Waals surface area contributed by atoms with Crippen molar-refractivity contribution in [3.63, 3.8) is 0 Å². The average molecular weight is 577 g/mol. The molecule has 5 rings (SSSR count). The molecule has 0 bridgehead atoms. The third-order valence-corrected chi connectivity index (χ3v) is 7.72. The van der Waals surface area contributed by atoms with Crippen molar-refractivity contribution >= 4 is 28.8 Å². The highest BCUT2D eigenvalue weighted by molar-refractivity contribution is 5.98. The van der Waals surface area contributed by atoms with Gasteiger partial charge in [0.2, 0.25) is 17.5 Å². The van der Waals surface area contributed by atoms with E-state index in [9.17, 15) is 32.7 Å². The van der Waals surface area contributed by atoms with Gasteiger partial charge in [0.25, 0.3) is 0 Å². The number of ether oxygens (including phenoxy) is 1. The maximum Gasteiger partial charge on any atom is 0.521 e. The first-order valence-corrected chi connectivity index (χ1v) is 13.1. The van der Waals surface area contributed by atoms with Gasteiger partial charge in [-0.2, -0.15) is 27.4 Å². The van der Waals surface area contributed by atoms with E-state index >= 15 is 0 Å². The number of fused-ring (bicyclic) bond motifs is 1. The molecule has 2 fully saturated rings. The number of oxazole rings is 1. The van der Waals surface area contributed by atoms with Crippen LogP contribution in [0.3, 0.4) is 0 Å². The van der Waals surface area contributed by atoms with E-state index in [0.29, 0.717) is 0 Å². The molecule has 3 atom stereocenters. The number of nitrogens with zero attached hydrogens (tertiary/aromatic N) is 3. The Labute approximate surface area is 232 Å². The summed E-state index contributed by atoms with van der Waals surface area (Å²) in [5.41, 5.74) is 4.52. The van der Waals surface area contributed by atoms with Crippen LogP contribution in [0.25, 0.3) is 22.4 Å². The number of imide groups is 1. The number of hydrogen-bond donors (Lipinski definition) is 3. The highest BCUT2D eigenvalue weighted by Gasteiger charge is 2.58. The second-order valence-electron chi connectivity index (χ2n) is 10.4. The van der Waals surface area contributed by atoms with Crippen LogP contribution in [-0.2, 0) is 17.4 Å². The van der Waals surface area contributed by atoms with E-state index in [4.69, 9.17) is 14.9 Å². The molecule has 2 aliphatic rings. The number of alkyl halides is 3. The number of nitrogens with one attached hydrogen (secondary N) is 1. The number of hydrogen-bond acceptors (Lipinski definition) is 8. The molecule has 218 valence electrons. The molecule has 3 amide bonds. The fourth-order valence-electron chi connectivity index (χ4n) is 5.42. The summed E-state index contributed by atoms with van der Waals surface area (Å²) in [5.74, 6) is -1.04. The quantitative estimate of drug-likeness (QED) is 0.356. The van der Waals surface area contributed by atoms with Gasteiger partial charge in [-0.3, -0.25) is 4.79 Å². The standard InChI is InChI=1S/C27H28F3N5O6/c1-13-11-15(32-23(36)14-3-4-14)12-35(13,26(38)39)25(37)22-19(9-10-31)41-24(34-22)17-5-7-18(40-2)21-16(17)6-8-20(33-21)27(28,29)30/h5-8,13-15H,3-4,9-12,31H2,1-2H3,(H-,32,36,38,39)/p+1/t13-,15+,35-/m0/s1. The van der Waals surface area contributed by atoms with E-state index in [-0.39, 0.29) is 77.3 Å². The van der Waals surface area contributed by atoms with E-state index in [1.165, 1.54) is 25.3 Å². The number of carbonyl (C=O) groups is 3. The van der Waals surface area contributed by atoms with Gasteiger partial charge in [-0.25, -0.2) is 9.78 Å². The lowest BCUT2D eigenvalue weighted by atomic mass is 10.1. The van der Waals surface area contributed by atoms with E-state index in [2.05, 4.69) is 15.3 Å². The predicted octanol–water partition coefficient (Wildman–Crippen LogP) is 3.74. The van der Waals surface area contributed by atoms with Gasteiger partial charge in [0.05, 0.1) is 13.2 Å². The Hall–Kier alpha value is -4.04. The number of methoxy groups -OCH3 is 1. The SMILES string of the molecule is COc1ccc(-c2nc(C(=O)[N@+]3(C(=O)O)C[C@H](NC(=O)C4CC4)C[C@@H]3C)c(CCN)o2)c2ccc(C(F)(F)F)nc12. The van der Waals surface area contributed by atoms with Gasteiger partial charge < -0.3 is 25.3 Å². The van der Waals surface area contributed by atoms with Crippen LogP contribution < -0.4 is 15.8 Å². The van der Waals surface area contributed by atoms with Gasteiger partial charge in [0, 0.05) is 29.7 Å². The Morgan fingerprint density at radius 1 is 1.20 bits per heavy atom. The van der Waals surface area contributed by atoms with Crippen LogP contribution in [0.5, 0.6) is 5.75 Å². The largest absolute Gasteiger partial charge is 0.521 e. The van der Waals surface area contributed by atoms with Crippen LogP contribution in [0.2, 0.25) is 0 Å². The van der Waals surface area contributed by atoms with E-state index in [0.717, 1.165) is 18.9 Å². The number of aromatic nitrogens is 2. The van der Waals surface area contributed by atoms with Crippen LogP contribution >= 0.6 is 0 Å². The molecule has 1 aromatic carbocycles. The van der Waals surface area contributed by atoms with Gasteiger partial charge in [-0.05, 0) is 50.6 Å². The van der Waals surface area contributed by atoms with E-state index in [1.807, 2.05) is 0 Å². The number of halogens is 3. The molecule has 2 aromatic heterocycles. The minimum atomic E-state index is -4.69. The number of pyridine rings is 1. The van der Waals surface area contributed by atoms with E-state index in [1.54, 1.807) is 6.92 Å². The normalized spacial score (nSPS) is 22.6. The van der Waals surface area contributed by atoms with Gasteiger partial charge in [0.1, 0.15) is 35.3 Å². The smallest absolute Gasteiger partial charge is 0.494 e. The molecule has 3 aromatic rings. The van der Waals surface area contributed by atoms with Crippen molar-refractivity contribution in [3.8, 4) is 17.2 Å². The predicted molar refractivity (Wildman–Crippen MR) is 138 cm³/mol. The van der Waals surface area contributed by atoms with Crippen molar-refractivity contribution in [2.24, 2.45) is 11.7 Å². The van der Waals surface area contributed by atoms with Gasteiger partial charge in [-0.15, -0.1) is 0 Å². The molecule has 0 unspecified atom stereocenters. The van der Waals surface area contributed by atoms with Crippen LogP contribution in [0, 0.1) is 5.92 Å². The minimum absolute atomic E-state index is 0.0488. The molecule has 1 aliphatic heterocycles. The number of rotatable bonds is 7. The molecular weight excluding hydrogens is 547 g/mol. The average Bonchev–Trinajstić information content (AvgIpc) is 3.62. The molecule has 1 aliphatic carbocycles. The summed E-state index contributed by atoms with van der Waals surface area (Å²) in [7, 11) is 1.30. The number of quaternary nitrogens is 1. The number of nitrogens with two attached hydrogens (primary N) is 1. The number of carbonyl (C=O) groups excluding carboxylic acids is 2. The molecule has 0 spiro atoms. The number of benzene rings is 1. The molecule has 0 radical (unpaired) electrons. The van der Waals surface area contributed by atoms with Crippen molar-refractivity contribution in [1.29, 1.82) is 0 Å². The topological polar surface area (TPSA) is 158 Å². The third-order valence-electron chi connectivity index (χ3n) is 7.72. The Balaban J connectivity index is 1.57. The third kappa shape index (κ3) is 5.01. The highest BCUT2D eigenvalue weighted by Crippen LogP contribution is 2.38. The molecule has 1 saturated heterocycles. The van der Waals surface area contributed by atoms with E-state index < -0.39 is 40.4 Å². The summed E-state index contributed by atoms with van der Waals surface area (Å²) in [6.45, 7) is 1.50. The Morgan fingerprint density at radius 2 is 1.93 bits per heavy atom. The first-order valence-electron chi connectivity index (χ1n) is 13.1. The minimum Gasteiger partial charge on any atom is -0.494 e. The molecule has 1 saturated carbocycles. The Kier molecular flexibility index (Phi) is 7.24. The summed E-state index contributed by atoms with van der Waals surface area (Å²) in [5, 5.41) is 13.4. The van der Waals surface area contributed by atoms with Crippen LogP contribution in [0.1, 0.15) is 48.1 Å². The summed E-state index contributed by atoms with van der Waals surface area (Å²) in [4.78, 5) is 47.2. The lowest BCUT2D eigenvalue weighted by Gasteiger charge is -2.29. The zero-order valence-corrected chi connectivity index (χ0v) is 22.3. The number of carboxylic acid groups (broad SMARTS) is 1. The molecule has 3 heterocycles. The summed E-state index contributed by atoms with van der Waals surface area (Å²) in [6, 6.07) is 3.71. The van der Waals surface area contributed by atoms with Crippen molar-refractivity contribution in [2.75, 3.05) is 20.2 Å². The number of likely N-dealkylation sites (tertiary alicyclic amines) is 1. The van der Waals surface area contributed by atoms with Crippen LogP contribution in [0.4, 0.5) is 18.0 Å². The maximum atomic E-state index is 14.0. The monoisotopic (exact) mass is 576 g/mol. The molecule has 41 heavy (non-hydrogen) atoms. The molecule has 11 nitrogen and oxygen atoms in total. The van der Waals surface area contributed by atoms with Crippen molar-refractivity contribution in [2.45, 2.75) is 50.9 Å². The fraction of sp³-hybridized carbons (Fsp3) is 0.444. The molecule has 4 N–H and O–H groups in total. The van der Waals surface area contributed by atoms with Crippen molar-refractivity contribution in [1.82, 2.24) is 15.3 Å². The lowest BCUT2D eigenvalue weighted by molar-refractivity contribution is -0.786. The first kappa shape index (κ1) is 28.5. The highest BCUT2D eigenvalue weighted by atomic mass is 19.4. The van der Waals surface area contributed by atoms with Crippen molar-refractivity contribution < 1.29 is 46.3 Å². The summed E-state index contributed by atoms with van der Waals surface area (Å²) >= 11 is 0. The lowest BCUT2D eigenvalue weighted by Crippen LogP contribution is -2.60. The molecular formula is C27H29F3N5O6+. The second-order valence-corrected chi connectivity index (χ2v) is 10.4. The first-order chi connectivity index (χ1) is 19.4. The fourth-order valence-corrected chi connectivity index (χ4v) is 5.42. The summed E-state index contributed by atoms with van der Waals surface area (Å²) < 4.78 is 50.2. The maximum absolute atomic E-state index is 14.0. The van der Waals surface area contributed by atoms with Gasteiger partial charge >= 0.3 is 18.2 Å². The number of amides is 3. The van der Waals surface area contributed by atoms with Gasteiger partial charge in [-0.1, -0.05) is 0 Å². The zero-order valence-electron chi connectivity index (χ0n) is 22.3. The second kappa shape index (κ2) is 10.4. The van der Waals surface area contributed by atoms with Crippen LogP contribution in [-0.4, -0.2) is 69.7 Å². The van der Waals surface area contributed by atoms with Gasteiger partial charge in [0.15, 0.2) is 0 Å². The molecule has 14 heteroatoms. The zero-order chi connectivity index (χ0) is 29.7.